The first-order valence-electron chi connectivity index (χ1n) is 10.7. The Kier molecular flexibility index (Phi) is 4.48. The third-order valence-electron chi connectivity index (χ3n) is 5.77. The number of hydrogen-bond donors (Lipinski definition) is 1. The van der Waals surface area contributed by atoms with Crippen molar-refractivity contribution < 1.29 is 18.7 Å². The number of aliphatic imine (C=N–C) groups is 1. The van der Waals surface area contributed by atoms with E-state index in [0.717, 1.165) is 45.2 Å². The third kappa shape index (κ3) is 3.28. The molecule has 7 nitrogen and oxygen atoms in total. The van der Waals surface area contributed by atoms with E-state index in [4.69, 9.17) is 29.5 Å². The molecule has 3 aromatic rings. The first-order valence-corrected chi connectivity index (χ1v) is 10.7. The van der Waals surface area contributed by atoms with Crippen LogP contribution in [0.4, 0.5) is 0 Å². The number of nitrogens with zero attached hydrogens (tertiary/aromatic N) is 2. The number of rotatable bonds is 3. The third-order valence-corrected chi connectivity index (χ3v) is 5.77. The minimum Gasteiger partial charge on any atom is -0.493 e. The summed E-state index contributed by atoms with van der Waals surface area (Å²) < 4.78 is 23.4. The summed E-state index contributed by atoms with van der Waals surface area (Å²) in [4.78, 5) is 4.78. The molecule has 32 heavy (non-hydrogen) atoms. The maximum Gasteiger partial charge on any atom is 0.283 e. The van der Waals surface area contributed by atoms with Crippen LogP contribution in [0.25, 0.3) is 11.1 Å². The smallest absolute Gasteiger partial charge is 0.283 e. The Morgan fingerprint density at radius 3 is 2.41 bits per heavy atom. The van der Waals surface area contributed by atoms with Crippen LogP contribution in [0.3, 0.4) is 0 Å². The number of aromatic nitrogens is 1. The topological polar surface area (TPSA) is 92.1 Å². The summed E-state index contributed by atoms with van der Waals surface area (Å²) in [6, 6.07) is 12.0. The van der Waals surface area contributed by atoms with Crippen LogP contribution in [0, 0.1) is 19.3 Å². The van der Waals surface area contributed by atoms with Gasteiger partial charge in [-0.3, -0.25) is 0 Å². The van der Waals surface area contributed by atoms with E-state index in [1.165, 1.54) is 0 Å². The molecule has 2 aliphatic heterocycles. The molecule has 0 fully saturated rings. The van der Waals surface area contributed by atoms with E-state index >= 15 is 0 Å². The van der Waals surface area contributed by atoms with Gasteiger partial charge in [-0.2, -0.15) is 0 Å². The van der Waals surface area contributed by atoms with E-state index in [2.05, 4.69) is 32.0 Å². The molecule has 1 aromatic heterocycles. The highest BCUT2D eigenvalue weighted by Crippen LogP contribution is 2.52. The highest BCUT2D eigenvalue weighted by atomic mass is 16.5. The first-order chi connectivity index (χ1) is 15.2. The van der Waals surface area contributed by atoms with Crippen LogP contribution in [0.5, 0.6) is 17.2 Å². The highest BCUT2D eigenvalue weighted by Gasteiger charge is 2.47. The fraction of sp³-hybridized carbons (Fsp3) is 0.360. The Labute approximate surface area is 187 Å². The van der Waals surface area contributed by atoms with Gasteiger partial charge in [-0.1, -0.05) is 32.0 Å². The fourth-order valence-electron chi connectivity index (χ4n) is 4.27. The number of aryl methyl sites for hydroxylation is 2. The number of hydrogen-bond acceptors (Lipinski definition) is 7. The summed E-state index contributed by atoms with van der Waals surface area (Å²) >= 11 is 0. The normalized spacial score (nSPS) is 19.1. The van der Waals surface area contributed by atoms with Crippen LogP contribution in [0.15, 0.2) is 45.9 Å². The molecular formula is C25H27N3O4. The molecule has 0 bridgehead atoms. The Hall–Kier alpha value is -3.48. The van der Waals surface area contributed by atoms with Gasteiger partial charge in [0.1, 0.15) is 29.6 Å². The van der Waals surface area contributed by atoms with Crippen molar-refractivity contribution in [1.82, 2.24) is 5.16 Å². The Morgan fingerprint density at radius 1 is 1.06 bits per heavy atom. The van der Waals surface area contributed by atoms with Crippen LogP contribution < -0.4 is 15.2 Å². The lowest BCUT2D eigenvalue weighted by Crippen LogP contribution is -2.31. The van der Waals surface area contributed by atoms with Crippen LogP contribution >= 0.6 is 0 Å². The fourth-order valence-corrected chi connectivity index (χ4v) is 4.27. The van der Waals surface area contributed by atoms with Gasteiger partial charge in [0.15, 0.2) is 5.54 Å². The Bertz CT molecular complexity index is 1220. The van der Waals surface area contributed by atoms with Crippen molar-refractivity contribution in [2.75, 3.05) is 13.2 Å². The van der Waals surface area contributed by atoms with Gasteiger partial charge >= 0.3 is 0 Å². The molecule has 1 spiro atoms. The van der Waals surface area contributed by atoms with Crippen molar-refractivity contribution in [3.8, 4) is 28.4 Å². The lowest BCUT2D eigenvalue weighted by molar-refractivity contribution is 0.197. The van der Waals surface area contributed by atoms with Gasteiger partial charge in [0.25, 0.3) is 6.02 Å². The van der Waals surface area contributed by atoms with Crippen LogP contribution in [-0.4, -0.2) is 24.4 Å². The van der Waals surface area contributed by atoms with Crippen molar-refractivity contribution >= 4 is 6.02 Å². The van der Waals surface area contributed by atoms with Gasteiger partial charge in [-0.25, -0.2) is 4.99 Å². The molecule has 2 aromatic carbocycles. The SMILES string of the molecule is Cc1noc(C)c1-c1ccc2c(c1)[C@]1(COC(N)=N1)c1cc(OCC(C)(C)C)ccc1O2. The molecule has 5 rings (SSSR count). The molecule has 0 radical (unpaired) electrons. The molecule has 7 heteroatoms. The zero-order valence-corrected chi connectivity index (χ0v) is 19.0. The van der Waals surface area contributed by atoms with Crippen molar-refractivity contribution in [1.29, 1.82) is 0 Å². The lowest BCUT2D eigenvalue weighted by Gasteiger charge is -2.34. The second-order valence-corrected chi connectivity index (χ2v) is 9.62. The summed E-state index contributed by atoms with van der Waals surface area (Å²) in [6.07, 6.45) is 0. The molecule has 1 atom stereocenters. The van der Waals surface area contributed by atoms with E-state index in [0.29, 0.717) is 12.4 Å². The van der Waals surface area contributed by atoms with Gasteiger partial charge in [0.05, 0.1) is 12.3 Å². The number of amidine groups is 1. The van der Waals surface area contributed by atoms with Crippen molar-refractivity contribution in [2.45, 2.75) is 40.2 Å². The molecule has 0 aliphatic carbocycles. The summed E-state index contributed by atoms with van der Waals surface area (Å²) in [5, 5.41) is 4.10. The van der Waals surface area contributed by atoms with E-state index in [-0.39, 0.29) is 18.0 Å². The average Bonchev–Trinajstić information content (AvgIpc) is 3.29. The average molecular weight is 434 g/mol. The second kappa shape index (κ2) is 7.02. The van der Waals surface area contributed by atoms with Gasteiger partial charge < -0.3 is 24.5 Å². The van der Waals surface area contributed by atoms with Crippen LogP contribution in [0.2, 0.25) is 0 Å². The number of fused-ring (bicyclic) bond motifs is 4. The quantitative estimate of drug-likeness (QED) is 0.619. The number of ether oxygens (including phenoxy) is 3. The summed E-state index contributed by atoms with van der Waals surface area (Å²) in [6.45, 7) is 11.1. The molecule has 0 saturated heterocycles. The van der Waals surface area contributed by atoms with Crippen LogP contribution in [-0.2, 0) is 10.3 Å². The molecular weight excluding hydrogens is 406 g/mol. The maximum atomic E-state index is 6.27. The molecule has 0 unspecified atom stereocenters. The van der Waals surface area contributed by atoms with E-state index in [1.54, 1.807) is 0 Å². The molecule has 166 valence electrons. The zero-order chi connectivity index (χ0) is 22.7. The maximum absolute atomic E-state index is 6.27. The molecule has 2 N–H and O–H groups in total. The van der Waals surface area contributed by atoms with Crippen molar-refractivity contribution in [2.24, 2.45) is 16.1 Å². The second-order valence-electron chi connectivity index (χ2n) is 9.62. The number of nitrogens with two attached hydrogens (primary N) is 1. The molecule has 0 amide bonds. The Balaban J connectivity index is 1.65. The van der Waals surface area contributed by atoms with E-state index < -0.39 is 5.54 Å². The lowest BCUT2D eigenvalue weighted by atomic mass is 9.80. The minimum atomic E-state index is -0.816. The first kappa shape index (κ1) is 20.4. The van der Waals surface area contributed by atoms with E-state index in [1.807, 2.05) is 44.2 Å². The van der Waals surface area contributed by atoms with Crippen LogP contribution in [0.1, 0.15) is 43.4 Å². The monoisotopic (exact) mass is 433 g/mol. The molecule has 2 aliphatic rings. The standard InChI is InChI=1S/C25H27N3O4/c1-14-22(15(2)32-28-14)16-6-8-20-18(10-16)25(13-30-23(26)27-25)19-11-17(7-9-21(19)31-20)29-12-24(3,4)5/h6-11H,12-13H2,1-5H3,(H2,26,27)/t25-/m1/s1. The zero-order valence-electron chi connectivity index (χ0n) is 19.0. The predicted molar refractivity (Wildman–Crippen MR) is 121 cm³/mol. The van der Waals surface area contributed by atoms with Gasteiger partial charge in [0, 0.05) is 16.7 Å². The molecule has 3 heterocycles. The Morgan fingerprint density at radius 2 is 1.78 bits per heavy atom. The summed E-state index contributed by atoms with van der Waals surface area (Å²) in [7, 11) is 0. The molecule has 0 saturated carbocycles. The minimum absolute atomic E-state index is 0.0407. The summed E-state index contributed by atoms with van der Waals surface area (Å²) in [5.41, 5.74) is 9.77. The van der Waals surface area contributed by atoms with E-state index in [9.17, 15) is 0 Å². The number of benzene rings is 2. The van der Waals surface area contributed by atoms with Gasteiger partial charge in [-0.15, -0.1) is 0 Å². The van der Waals surface area contributed by atoms with Crippen molar-refractivity contribution in [3.05, 3.63) is 59.0 Å². The van der Waals surface area contributed by atoms with Gasteiger partial charge in [-0.05, 0) is 55.2 Å². The van der Waals surface area contributed by atoms with Crippen molar-refractivity contribution in [3.63, 3.8) is 0 Å². The predicted octanol–water partition coefficient (Wildman–Crippen LogP) is 5.08. The largest absolute Gasteiger partial charge is 0.493 e. The van der Waals surface area contributed by atoms with Gasteiger partial charge in [0.2, 0.25) is 0 Å². The summed E-state index contributed by atoms with van der Waals surface area (Å²) in [5.74, 6) is 2.95. The highest BCUT2D eigenvalue weighted by molar-refractivity contribution is 5.78.